The van der Waals surface area contributed by atoms with Crippen molar-refractivity contribution in [2.75, 3.05) is 18.5 Å². The fourth-order valence-electron chi connectivity index (χ4n) is 3.34. The highest BCUT2D eigenvalue weighted by Crippen LogP contribution is 2.38. The number of anilines is 1. The van der Waals surface area contributed by atoms with Gasteiger partial charge in [0.25, 0.3) is 5.91 Å². The van der Waals surface area contributed by atoms with Gasteiger partial charge in [0, 0.05) is 23.7 Å². The van der Waals surface area contributed by atoms with E-state index >= 15 is 0 Å². The third-order valence-electron chi connectivity index (χ3n) is 4.59. The molecule has 0 unspecified atom stereocenters. The number of rotatable bonds is 6. The summed E-state index contributed by atoms with van der Waals surface area (Å²) < 4.78 is 5.47. The maximum Gasteiger partial charge on any atom is 0.262 e. The van der Waals surface area contributed by atoms with Crippen LogP contribution in [0.25, 0.3) is 0 Å². The van der Waals surface area contributed by atoms with Crippen molar-refractivity contribution in [1.29, 1.82) is 0 Å². The lowest BCUT2D eigenvalue weighted by Crippen LogP contribution is -2.43. The Hall–Kier alpha value is -2.57. The predicted octanol–water partition coefficient (Wildman–Crippen LogP) is 2.68. The Morgan fingerprint density at radius 3 is 2.81 bits per heavy atom. The third kappa shape index (κ3) is 4.78. The predicted molar refractivity (Wildman–Crippen MR) is 104 cm³/mol. The van der Waals surface area contributed by atoms with Crippen molar-refractivity contribution >= 4 is 11.6 Å². The number of β-amino-alcohol motifs (C(OH)–C–C–N with tert-alkyl or cyclic N) is 1. The molecule has 0 bridgehead atoms. The SMILES string of the molecule is Cc1cccc(CC(C)(C)NC[C@H](O)c2cc(O)cc3c2OCC(=O)N3)c1. The molecule has 27 heavy (non-hydrogen) atoms. The number of hydrogen-bond acceptors (Lipinski definition) is 5. The summed E-state index contributed by atoms with van der Waals surface area (Å²) in [4.78, 5) is 11.5. The van der Waals surface area contributed by atoms with Gasteiger partial charge in [-0.15, -0.1) is 0 Å². The quantitative estimate of drug-likeness (QED) is 0.628. The molecule has 144 valence electrons. The summed E-state index contributed by atoms with van der Waals surface area (Å²) in [5, 5.41) is 26.6. The fraction of sp³-hybridized carbons (Fsp3) is 0.381. The smallest absolute Gasteiger partial charge is 0.262 e. The van der Waals surface area contributed by atoms with E-state index in [0.717, 1.165) is 6.42 Å². The summed E-state index contributed by atoms with van der Waals surface area (Å²) in [6.45, 7) is 6.40. The van der Waals surface area contributed by atoms with Crippen molar-refractivity contribution in [3.63, 3.8) is 0 Å². The summed E-state index contributed by atoms with van der Waals surface area (Å²) in [7, 11) is 0. The van der Waals surface area contributed by atoms with E-state index in [1.807, 2.05) is 6.07 Å². The van der Waals surface area contributed by atoms with Gasteiger partial charge in [0.1, 0.15) is 11.5 Å². The zero-order chi connectivity index (χ0) is 19.6. The lowest BCUT2D eigenvalue weighted by Gasteiger charge is -2.29. The molecule has 0 radical (unpaired) electrons. The molecule has 0 fully saturated rings. The molecule has 0 spiro atoms. The van der Waals surface area contributed by atoms with Gasteiger partial charge in [-0.25, -0.2) is 0 Å². The van der Waals surface area contributed by atoms with Crippen LogP contribution in [-0.2, 0) is 11.2 Å². The number of carbonyl (C=O) groups excluding carboxylic acids is 1. The van der Waals surface area contributed by atoms with E-state index in [1.165, 1.54) is 23.3 Å². The van der Waals surface area contributed by atoms with E-state index < -0.39 is 6.10 Å². The zero-order valence-corrected chi connectivity index (χ0v) is 15.9. The van der Waals surface area contributed by atoms with Crippen molar-refractivity contribution in [3.05, 3.63) is 53.1 Å². The first-order chi connectivity index (χ1) is 12.7. The Labute approximate surface area is 159 Å². The maximum absolute atomic E-state index is 11.5. The molecule has 1 aliphatic rings. The lowest BCUT2D eigenvalue weighted by molar-refractivity contribution is -0.118. The molecule has 1 amide bonds. The lowest BCUT2D eigenvalue weighted by atomic mass is 9.93. The highest BCUT2D eigenvalue weighted by Gasteiger charge is 2.26. The molecule has 0 saturated heterocycles. The van der Waals surface area contributed by atoms with Gasteiger partial charge in [0.15, 0.2) is 6.61 Å². The topological polar surface area (TPSA) is 90.8 Å². The number of amides is 1. The number of fused-ring (bicyclic) bond motifs is 1. The Bertz CT molecular complexity index is 848. The van der Waals surface area contributed by atoms with Crippen molar-refractivity contribution in [1.82, 2.24) is 5.32 Å². The van der Waals surface area contributed by atoms with Crippen LogP contribution in [0, 0.1) is 6.92 Å². The zero-order valence-electron chi connectivity index (χ0n) is 15.9. The van der Waals surface area contributed by atoms with Crippen LogP contribution in [-0.4, -0.2) is 34.8 Å². The second kappa shape index (κ2) is 7.58. The van der Waals surface area contributed by atoms with Crippen molar-refractivity contribution in [3.8, 4) is 11.5 Å². The number of phenols is 1. The highest BCUT2D eigenvalue weighted by molar-refractivity contribution is 5.96. The standard InChI is InChI=1S/C21H26N2O4/c1-13-5-4-6-14(7-13)10-21(2,3)22-11-18(25)16-8-15(24)9-17-20(16)27-12-19(26)23-17/h4-9,18,22,24-25H,10-12H2,1-3H3,(H,23,26)/t18-/m0/s1. The van der Waals surface area contributed by atoms with E-state index in [9.17, 15) is 15.0 Å². The van der Waals surface area contributed by atoms with Crippen molar-refractivity contribution < 1.29 is 19.7 Å². The van der Waals surface area contributed by atoms with Gasteiger partial charge in [0.05, 0.1) is 11.8 Å². The molecular formula is C21H26N2O4. The molecule has 3 rings (SSSR count). The third-order valence-corrected chi connectivity index (χ3v) is 4.59. The van der Waals surface area contributed by atoms with Crippen LogP contribution in [0.1, 0.15) is 36.6 Å². The van der Waals surface area contributed by atoms with Gasteiger partial charge in [-0.3, -0.25) is 4.79 Å². The van der Waals surface area contributed by atoms with Gasteiger partial charge in [0.2, 0.25) is 0 Å². The molecule has 2 aromatic rings. The monoisotopic (exact) mass is 370 g/mol. The number of carbonyl (C=O) groups is 1. The molecule has 6 nitrogen and oxygen atoms in total. The van der Waals surface area contributed by atoms with Crippen LogP contribution in [0.15, 0.2) is 36.4 Å². The first-order valence-corrected chi connectivity index (χ1v) is 9.02. The van der Waals surface area contributed by atoms with E-state index in [4.69, 9.17) is 4.74 Å². The van der Waals surface area contributed by atoms with E-state index in [1.54, 1.807) is 0 Å². The Morgan fingerprint density at radius 2 is 2.07 bits per heavy atom. The van der Waals surface area contributed by atoms with Crippen LogP contribution >= 0.6 is 0 Å². The van der Waals surface area contributed by atoms with Crippen molar-refractivity contribution in [2.24, 2.45) is 0 Å². The molecule has 1 heterocycles. The van der Waals surface area contributed by atoms with E-state index in [-0.39, 0.29) is 30.3 Å². The number of aliphatic hydroxyl groups excluding tert-OH is 1. The number of aryl methyl sites for hydroxylation is 1. The number of aromatic hydroxyl groups is 1. The molecule has 0 aliphatic carbocycles. The second-order valence-electron chi connectivity index (χ2n) is 7.69. The Balaban J connectivity index is 1.70. The van der Waals surface area contributed by atoms with Crippen LogP contribution in [0.3, 0.4) is 0 Å². The summed E-state index contributed by atoms with van der Waals surface area (Å²) in [5.74, 6) is 0.0803. The van der Waals surface area contributed by atoms with Gasteiger partial charge >= 0.3 is 0 Å². The number of hydrogen-bond donors (Lipinski definition) is 4. The van der Waals surface area contributed by atoms with Crippen LogP contribution in [0.2, 0.25) is 0 Å². The number of nitrogens with one attached hydrogen (secondary N) is 2. The summed E-state index contributed by atoms with van der Waals surface area (Å²) >= 11 is 0. The molecule has 4 N–H and O–H groups in total. The number of aliphatic hydroxyl groups is 1. The molecule has 0 aromatic heterocycles. The Morgan fingerprint density at radius 1 is 1.30 bits per heavy atom. The minimum Gasteiger partial charge on any atom is -0.508 e. The first kappa shape index (κ1) is 19.2. The number of phenolic OH excluding ortho intramolecular Hbond substituents is 1. The van der Waals surface area contributed by atoms with E-state index in [0.29, 0.717) is 17.0 Å². The Kier molecular flexibility index (Phi) is 5.39. The normalized spacial score (nSPS) is 14.9. The number of benzene rings is 2. The van der Waals surface area contributed by atoms with Crippen LogP contribution in [0.5, 0.6) is 11.5 Å². The molecule has 1 atom stereocenters. The van der Waals surface area contributed by atoms with Crippen LogP contribution in [0.4, 0.5) is 5.69 Å². The van der Waals surface area contributed by atoms with E-state index in [2.05, 4.69) is 49.6 Å². The maximum atomic E-state index is 11.5. The molecule has 6 heteroatoms. The molecule has 1 aliphatic heterocycles. The number of ether oxygens (including phenoxy) is 1. The highest BCUT2D eigenvalue weighted by atomic mass is 16.5. The fourth-order valence-corrected chi connectivity index (χ4v) is 3.34. The largest absolute Gasteiger partial charge is 0.508 e. The van der Waals surface area contributed by atoms with Gasteiger partial charge < -0.3 is 25.6 Å². The molecule has 2 aromatic carbocycles. The van der Waals surface area contributed by atoms with Gasteiger partial charge in [-0.05, 0) is 38.8 Å². The summed E-state index contributed by atoms with van der Waals surface area (Å²) in [6.07, 6.45) is -0.0795. The molecule has 0 saturated carbocycles. The van der Waals surface area contributed by atoms with Crippen molar-refractivity contribution in [2.45, 2.75) is 38.8 Å². The summed E-state index contributed by atoms with van der Waals surface area (Å²) in [5.41, 5.74) is 3.03. The first-order valence-electron chi connectivity index (χ1n) is 9.02. The van der Waals surface area contributed by atoms with Crippen LogP contribution < -0.4 is 15.4 Å². The average molecular weight is 370 g/mol. The average Bonchev–Trinajstić information content (AvgIpc) is 2.58. The minimum absolute atomic E-state index is 0.0346. The van der Waals surface area contributed by atoms with Gasteiger partial charge in [-0.1, -0.05) is 29.8 Å². The second-order valence-corrected chi connectivity index (χ2v) is 7.69. The summed E-state index contributed by atoms with van der Waals surface area (Å²) in [6, 6.07) is 11.2. The minimum atomic E-state index is -0.891. The molecular weight excluding hydrogens is 344 g/mol. The van der Waals surface area contributed by atoms with Gasteiger partial charge in [-0.2, -0.15) is 0 Å².